The molecular weight excluding hydrogens is 668 g/mol. The maximum atomic E-state index is 13.6. The van der Waals surface area contributed by atoms with Crippen LogP contribution >= 0.6 is 10.7 Å². The number of nitrogens with two attached hydrogens (primary N) is 1. The zero-order valence-corrected chi connectivity index (χ0v) is 24.5. The van der Waals surface area contributed by atoms with E-state index in [1.54, 1.807) is 0 Å². The van der Waals surface area contributed by atoms with Crippen LogP contribution in [0.15, 0.2) is 9.79 Å². The Labute approximate surface area is 245 Å². The van der Waals surface area contributed by atoms with Gasteiger partial charge in [0.05, 0.1) is 5.75 Å². The van der Waals surface area contributed by atoms with E-state index in [2.05, 4.69) is 10.7 Å². The molecule has 0 radical (unpaired) electrons. The van der Waals surface area contributed by atoms with Gasteiger partial charge in [0.1, 0.15) is 4.90 Å². The lowest BCUT2D eigenvalue weighted by atomic mass is 9.91. The number of sulfone groups is 1. The molecule has 2 aromatic rings. The molecule has 0 unspecified atom stereocenters. The van der Waals surface area contributed by atoms with Gasteiger partial charge in [0, 0.05) is 16.7 Å². The van der Waals surface area contributed by atoms with Gasteiger partial charge in [-0.3, -0.25) is 0 Å². The van der Waals surface area contributed by atoms with Gasteiger partial charge in [0.25, 0.3) is 9.05 Å². The fourth-order valence-corrected chi connectivity index (χ4v) is 7.40. The fourth-order valence-electron chi connectivity index (χ4n) is 4.54. The van der Waals surface area contributed by atoms with E-state index in [0.717, 1.165) is 19.3 Å². The summed E-state index contributed by atoms with van der Waals surface area (Å²) in [5, 5.41) is 0. The van der Waals surface area contributed by atoms with Gasteiger partial charge in [0.2, 0.25) is 11.6 Å². The summed E-state index contributed by atoms with van der Waals surface area (Å²) >= 11 is 0. The van der Waals surface area contributed by atoms with E-state index < -0.39 is 92.6 Å². The number of hydrogen-bond donors (Lipinski definition) is 1. The second-order valence-electron chi connectivity index (χ2n) is 9.92. The highest BCUT2D eigenvalue weighted by atomic mass is 35.7. The second kappa shape index (κ2) is 15.3. The summed E-state index contributed by atoms with van der Waals surface area (Å²) in [5.74, 6) is -24.5. The average Bonchev–Trinajstić information content (AvgIpc) is 2.93. The highest BCUT2D eigenvalue weighted by molar-refractivity contribution is 8.13. The van der Waals surface area contributed by atoms with Crippen LogP contribution < -0.4 is 5.73 Å². The molecule has 0 bridgehead atoms. The fraction of sp³-hybridized carbons (Fsp3) is 0.520. The number of halogens is 11. The van der Waals surface area contributed by atoms with Gasteiger partial charge >= 0.3 is 0 Å². The summed E-state index contributed by atoms with van der Waals surface area (Å²) in [5.41, 5.74) is 5.63. The molecule has 244 valence electrons. The molecule has 2 aromatic carbocycles. The van der Waals surface area contributed by atoms with E-state index in [4.69, 9.17) is 5.73 Å². The Morgan fingerprint density at radius 2 is 0.814 bits per heavy atom. The lowest BCUT2D eigenvalue weighted by Gasteiger charge is -2.21. The van der Waals surface area contributed by atoms with Gasteiger partial charge in [-0.25, -0.2) is 60.7 Å². The molecule has 43 heavy (non-hydrogen) atoms. The lowest BCUT2D eigenvalue weighted by Crippen LogP contribution is -2.22. The van der Waals surface area contributed by atoms with Crippen LogP contribution in [-0.4, -0.2) is 28.6 Å². The Hall–Kier alpha value is -2.11. The van der Waals surface area contributed by atoms with Gasteiger partial charge in [-0.2, -0.15) is 0 Å². The highest BCUT2D eigenvalue weighted by Crippen LogP contribution is 2.32. The minimum atomic E-state index is -5.05. The predicted molar refractivity (Wildman–Crippen MR) is 135 cm³/mol. The molecule has 4 rings (SSSR count). The van der Waals surface area contributed by atoms with Gasteiger partial charge in [0.15, 0.2) is 61.3 Å². The molecule has 0 aromatic heterocycles. The Morgan fingerprint density at radius 3 is 1.12 bits per heavy atom. The van der Waals surface area contributed by atoms with Crippen molar-refractivity contribution in [3.8, 4) is 0 Å². The van der Waals surface area contributed by atoms with Crippen molar-refractivity contribution in [3.05, 3.63) is 58.2 Å². The van der Waals surface area contributed by atoms with Crippen molar-refractivity contribution in [2.24, 2.45) is 11.7 Å². The van der Waals surface area contributed by atoms with Crippen LogP contribution in [-0.2, 0) is 18.9 Å². The second-order valence-corrected chi connectivity index (χ2v) is 14.4. The molecule has 5 nitrogen and oxygen atoms in total. The Bertz CT molecular complexity index is 1470. The van der Waals surface area contributed by atoms with E-state index in [1.165, 1.54) is 32.1 Å². The molecule has 0 amide bonds. The van der Waals surface area contributed by atoms with E-state index in [-0.39, 0.29) is 5.92 Å². The molecule has 0 heterocycles. The van der Waals surface area contributed by atoms with Gasteiger partial charge in [-0.1, -0.05) is 38.5 Å². The molecule has 2 saturated carbocycles. The van der Waals surface area contributed by atoms with Crippen molar-refractivity contribution in [1.29, 1.82) is 0 Å². The van der Waals surface area contributed by atoms with Crippen molar-refractivity contribution < 1.29 is 60.7 Å². The first kappa shape index (κ1) is 37.1. The zero-order chi connectivity index (χ0) is 32.9. The Balaban J connectivity index is 0.000000254. The summed E-state index contributed by atoms with van der Waals surface area (Å²) in [4.78, 5) is -3.77. The first-order chi connectivity index (χ1) is 19.8. The molecule has 0 spiro atoms. The quantitative estimate of drug-likeness (QED) is 0.119. The van der Waals surface area contributed by atoms with Crippen LogP contribution in [0.1, 0.15) is 64.2 Å². The third-order valence-corrected chi connectivity index (χ3v) is 9.92. The van der Waals surface area contributed by atoms with Gasteiger partial charge in [-0.05, 0) is 31.6 Å². The van der Waals surface area contributed by atoms with Gasteiger partial charge in [-0.15, -0.1) is 0 Å². The molecule has 2 aliphatic carbocycles. The monoisotopic (exact) mass is 693 g/mol. The van der Waals surface area contributed by atoms with Crippen LogP contribution in [0.25, 0.3) is 0 Å². The third-order valence-electron chi connectivity index (χ3n) is 6.72. The smallest absolute Gasteiger partial charge is 0.267 e. The Kier molecular flexibility index (Phi) is 13.2. The minimum Gasteiger partial charge on any atom is -0.328 e. The molecule has 0 atom stereocenters. The molecule has 0 aliphatic heterocycles. The van der Waals surface area contributed by atoms with Crippen LogP contribution in [0.3, 0.4) is 0 Å². The summed E-state index contributed by atoms with van der Waals surface area (Å²) in [6, 6.07) is 0.536. The van der Waals surface area contributed by atoms with Crippen LogP contribution in [0.2, 0.25) is 0 Å². The van der Waals surface area contributed by atoms with Crippen LogP contribution in [0, 0.1) is 64.1 Å². The largest absolute Gasteiger partial charge is 0.328 e. The third kappa shape index (κ3) is 9.20. The molecule has 2 fully saturated rings. The van der Waals surface area contributed by atoms with E-state index in [0.29, 0.717) is 18.9 Å². The molecular formula is C25H26ClF10NO4S2. The molecule has 2 N–H and O–H groups in total. The maximum absolute atomic E-state index is 13.6. The normalized spacial score (nSPS) is 16.7. The lowest BCUT2D eigenvalue weighted by molar-refractivity contribution is 0.355. The first-order valence-corrected chi connectivity index (χ1v) is 16.7. The van der Waals surface area contributed by atoms with Crippen molar-refractivity contribution in [1.82, 2.24) is 0 Å². The predicted octanol–water partition coefficient (Wildman–Crippen LogP) is 7.32. The molecule has 18 heteroatoms. The topological polar surface area (TPSA) is 94.3 Å². The van der Waals surface area contributed by atoms with Crippen LogP contribution in [0.5, 0.6) is 0 Å². The SMILES string of the molecule is NC1CCCCC1.O=S(=O)(CC1CCCCC1)c1c(F)c(F)c(F)c(F)c1F.O=S(=O)(Cl)c1c(F)c(F)c(F)c(F)c1F. The summed E-state index contributed by atoms with van der Waals surface area (Å²) in [6.07, 6.45) is 10.3. The average molecular weight is 694 g/mol. The van der Waals surface area contributed by atoms with Gasteiger partial charge < -0.3 is 5.73 Å². The summed E-state index contributed by atoms with van der Waals surface area (Å²) in [7, 11) is -5.13. The van der Waals surface area contributed by atoms with E-state index in [9.17, 15) is 60.7 Å². The van der Waals surface area contributed by atoms with Crippen molar-refractivity contribution in [2.45, 2.75) is 80.0 Å². The number of hydrogen-bond acceptors (Lipinski definition) is 5. The zero-order valence-electron chi connectivity index (χ0n) is 22.1. The minimum absolute atomic E-state index is 0.321. The van der Waals surface area contributed by atoms with Crippen molar-refractivity contribution in [2.75, 3.05) is 5.75 Å². The van der Waals surface area contributed by atoms with Crippen molar-refractivity contribution >= 4 is 29.6 Å². The van der Waals surface area contributed by atoms with E-state index in [1.807, 2.05) is 0 Å². The highest BCUT2D eigenvalue weighted by Gasteiger charge is 2.35. The summed E-state index contributed by atoms with van der Waals surface area (Å²) in [6.45, 7) is 0. The number of rotatable bonds is 4. The molecule has 2 aliphatic rings. The Morgan fingerprint density at radius 1 is 0.512 bits per heavy atom. The number of benzene rings is 2. The molecule has 0 saturated heterocycles. The van der Waals surface area contributed by atoms with Crippen molar-refractivity contribution in [3.63, 3.8) is 0 Å². The van der Waals surface area contributed by atoms with Crippen LogP contribution in [0.4, 0.5) is 43.9 Å². The summed E-state index contributed by atoms with van der Waals surface area (Å²) < 4.78 is 174. The first-order valence-electron chi connectivity index (χ1n) is 12.8. The van der Waals surface area contributed by atoms with E-state index >= 15 is 0 Å². The standard InChI is InChI=1S/C13H13F5O2S.C6ClF5O2S.C6H13N/c14-8-9(15)11(17)13(12(18)10(8)16)21(19,20)6-7-4-2-1-3-5-7;7-15(13,14)6-4(11)2(9)1(8)3(10)5(6)12;7-6-4-2-1-3-5-6/h7H,1-6H2;;6H,1-5,7H2. The maximum Gasteiger partial charge on any atom is 0.267 e.